The number of hydrogen-bond donors (Lipinski definition) is 3. The van der Waals surface area contributed by atoms with E-state index < -0.39 is 33.1 Å². The maximum atomic E-state index is 13.5. The van der Waals surface area contributed by atoms with Crippen molar-refractivity contribution in [3.8, 4) is 11.7 Å². The first-order valence-electron chi connectivity index (χ1n) is 14.3. The highest BCUT2D eigenvalue weighted by Gasteiger charge is 2.62. The Balaban J connectivity index is 1.30. The second-order valence-electron chi connectivity index (χ2n) is 12.1. The maximum Gasteiger partial charge on any atom is 0.394 e. The summed E-state index contributed by atoms with van der Waals surface area (Å²) in [7, 11) is -4.33. The van der Waals surface area contributed by atoms with Crippen molar-refractivity contribution in [3.05, 3.63) is 48.2 Å². The van der Waals surface area contributed by atoms with Crippen molar-refractivity contribution in [2.24, 2.45) is 11.3 Å². The summed E-state index contributed by atoms with van der Waals surface area (Å²) < 4.78 is 75.1. The molecule has 2 fully saturated rings. The molecule has 1 saturated carbocycles. The summed E-state index contributed by atoms with van der Waals surface area (Å²) in [6, 6.07) is 8.96. The highest BCUT2D eigenvalue weighted by atomic mass is 32.2. The van der Waals surface area contributed by atoms with Crippen LogP contribution in [0.2, 0.25) is 0 Å². The Hall–Kier alpha value is -3.92. The van der Waals surface area contributed by atoms with E-state index in [-0.39, 0.29) is 54.1 Å². The molecule has 5 heterocycles. The number of carbonyl (C=O) groups excluding carboxylic acids is 1. The van der Waals surface area contributed by atoms with Crippen LogP contribution in [-0.4, -0.2) is 65.5 Å². The van der Waals surface area contributed by atoms with E-state index in [1.807, 2.05) is 18.7 Å². The number of sulfonamides is 1. The van der Waals surface area contributed by atoms with Crippen molar-refractivity contribution in [2.75, 3.05) is 30.0 Å². The van der Waals surface area contributed by atoms with Gasteiger partial charge in [-0.3, -0.25) is 4.79 Å². The number of fused-ring (bicyclic) bond motifs is 6. The average Bonchev–Trinajstić information content (AvgIpc) is 3.51. The molecule has 16 heteroatoms. The Morgan fingerprint density at radius 1 is 1.11 bits per heavy atom. The normalized spacial score (nSPS) is 22.2. The van der Waals surface area contributed by atoms with Gasteiger partial charge in [0.05, 0.1) is 17.6 Å². The molecule has 1 unspecified atom stereocenters. The lowest BCUT2D eigenvalue weighted by molar-refractivity contribution is -0.190. The monoisotopic (exact) mass is 634 g/mol. The number of aromatic nitrogens is 4. The third kappa shape index (κ3) is 5.92. The number of ether oxygens (including phenoxy) is 1. The fraction of sp³-hybridized carbons (Fsp3) is 0.500. The number of anilines is 2. The third-order valence-electron chi connectivity index (χ3n) is 8.53. The predicted molar refractivity (Wildman–Crippen MR) is 154 cm³/mol. The van der Waals surface area contributed by atoms with Crippen LogP contribution in [-0.2, 0) is 10.0 Å². The van der Waals surface area contributed by atoms with E-state index in [1.165, 1.54) is 35.0 Å². The molecule has 0 spiro atoms. The largest absolute Gasteiger partial charge is 0.477 e. The highest BCUT2D eigenvalue weighted by Crippen LogP contribution is 2.59. The molecule has 12 nitrogen and oxygen atoms in total. The van der Waals surface area contributed by atoms with Gasteiger partial charge in [0.2, 0.25) is 5.88 Å². The Bertz CT molecular complexity index is 1670. The van der Waals surface area contributed by atoms with Crippen molar-refractivity contribution < 1.29 is 31.1 Å². The molecule has 2 aliphatic heterocycles. The number of rotatable bonds is 5. The molecule has 1 atom stereocenters. The number of nitrogens with zero attached hydrogens (tertiary/aromatic N) is 5. The Kier molecular flexibility index (Phi) is 7.47. The van der Waals surface area contributed by atoms with E-state index in [1.54, 1.807) is 12.3 Å². The number of halogens is 3. The van der Waals surface area contributed by atoms with E-state index in [9.17, 15) is 26.4 Å². The average molecular weight is 635 g/mol. The lowest BCUT2D eigenvalue weighted by atomic mass is 9.94. The molecule has 44 heavy (non-hydrogen) atoms. The van der Waals surface area contributed by atoms with Crippen LogP contribution in [0.3, 0.4) is 0 Å². The van der Waals surface area contributed by atoms with Crippen LogP contribution in [0.25, 0.3) is 5.82 Å². The van der Waals surface area contributed by atoms with Crippen LogP contribution in [0.15, 0.2) is 47.6 Å². The summed E-state index contributed by atoms with van der Waals surface area (Å²) in [6.45, 7) is 5.10. The minimum absolute atomic E-state index is 0.0545. The molecule has 3 aromatic rings. The fourth-order valence-electron chi connectivity index (χ4n) is 5.88. The van der Waals surface area contributed by atoms with Crippen LogP contribution in [0.1, 0.15) is 56.3 Å². The number of carbonyl (C=O) groups is 1. The second kappa shape index (κ2) is 10.9. The van der Waals surface area contributed by atoms with E-state index in [0.29, 0.717) is 24.7 Å². The Labute approximate surface area is 252 Å². The summed E-state index contributed by atoms with van der Waals surface area (Å²) in [5, 5.41) is 4.01. The van der Waals surface area contributed by atoms with Crippen LogP contribution >= 0.6 is 0 Å². The van der Waals surface area contributed by atoms with Gasteiger partial charge in [0.15, 0.2) is 10.8 Å². The summed E-state index contributed by atoms with van der Waals surface area (Å²) >= 11 is 0. The van der Waals surface area contributed by atoms with Crippen molar-refractivity contribution >= 4 is 27.6 Å². The summed E-state index contributed by atoms with van der Waals surface area (Å²) in [6.07, 6.45) is -1.04. The topological polar surface area (TPSA) is 143 Å². The first-order valence-corrected chi connectivity index (χ1v) is 15.8. The minimum Gasteiger partial charge on any atom is -0.477 e. The number of pyridine rings is 2. The van der Waals surface area contributed by atoms with Gasteiger partial charge < -0.3 is 15.1 Å². The first-order chi connectivity index (χ1) is 20.8. The number of nitrogens with one attached hydrogen (secondary N) is 3. The molecule has 1 saturated heterocycles. The second-order valence-corrected chi connectivity index (χ2v) is 13.8. The molecule has 236 valence electrons. The number of hydrazine groups is 1. The molecule has 1 aliphatic carbocycles. The molecular weight excluding hydrogens is 601 g/mol. The van der Waals surface area contributed by atoms with Gasteiger partial charge in [0.1, 0.15) is 11.6 Å². The van der Waals surface area contributed by atoms with Gasteiger partial charge in [-0.15, -0.1) is 5.10 Å². The molecule has 0 aromatic carbocycles. The molecule has 1 amide bonds. The number of hydrogen-bond acceptors (Lipinski definition) is 10. The highest BCUT2D eigenvalue weighted by molar-refractivity contribution is 7.90. The van der Waals surface area contributed by atoms with E-state index >= 15 is 0 Å². The zero-order valence-electron chi connectivity index (χ0n) is 24.2. The van der Waals surface area contributed by atoms with E-state index in [4.69, 9.17) is 9.72 Å². The van der Waals surface area contributed by atoms with Gasteiger partial charge in [-0.05, 0) is 76.1 Å². The first kappa shape index (κ1) is 30.1. The van der Waals surface area contributed by atoms with E-state index in [2.05, 4.69) is 25.7 Å². The molecule has 6 rings (SSSR count). The van der Waals surface area contributed by atoms with Gasteiger partial charge in [0.25, 0.3) is 15.9 Å². The zero-order valence-corrected chi connectivity index (χ0v) is 25.0. The van der Waals surface area contributed by atoms with Crippen LogP contribution in [0.4, 0.5) is 24.8 Å². The standard InChI is InChI=1S/C28H33F3N8O4S/c1-26(2)16-18-8-13-32-35-20-4-3-5-23(33-20)44(41,42)37-25(40)19-6-7-21(34-24(19)38(26)17-18)39-14-9-22(36-39)43-15-12-27(10-11-27)28(29,30)31/h3-7,9,14,18,32H,8,10-13,15-17H2,1-2H3,(H,33,35)(H,37,40). The van der Waals surface area contributed by atoms with E-state index in [0.717, 1.165) is 12.8 Å². The van der Waals surface area contributed by atoms with Gasteiger partial charge in [-0.2, -0.15) is 21.6 Å². The van der Waals surface area contributed by atoms with Crippen molar-refractivity contribution in [1.82, 2.24) is 29.9 Å². The fourth-order valence-corrected chi connectivity index (χ4v) is 6.82. The number of alkyl halides is 3. The van der Waals surface area contributed by atoms with Crippen molar-refractivity contribution in [2.45, 2.75) is 62.7 Å². The van der Waals surface area contributed by atoms with Crippen molar-refractivity contribution in [3.63, 3.8) is 0 Å². The quantitative estimate of drug-likeness (QED) is 0.379. The maximum absolute atomic E-state index is 13.5. The van der Waals surface area contributed by atoms with Gasteiger partial charge in [0, 0.05) is 30.9 Å². The predicted octanol–water partition coefficient (Wildman–Crippen LogP) is 3.82. The number of amides is 1. The SMILES string of the molecule is CC1(C)CC2CCNNc3cccc(n3)S(=O)(=O)NC(=O)c3ccc(-n4ccc(OCCC5(C(F)(F)F)CC5)n4)nc3N1C2. The smallest absolute Gasteiger partial charge is 0.394 e. The van der Waals surface area contributed by atoms with Crippen LogP contribution in [0.5, 0.6) is 5.88 Å². The van der Waals surface area contributed by atoms with Crippen molar-refractivity contribution in [1.29, 1.82) is 0 Å². The summed E-state index contributed by atoms with van der Waals surface area (Å²) in [4.78, 5) is 24.4. The van der Waals surface area contributed by atoms with Gasteiger partial charge >= 0.3 is 6.18 Å². The minimum atomic E-state index is -4.33. The van der Waals surface area contributed by atoms with Gasteiger partial charge in [-0.1, -0.05) is 6.07 Å². The summed E-state index contributed by atoms with van der Waals surface area (Å²) in [5.41, 5.74) is 3.98. The van der Waals surface area contributed by atoms with Crippen LogP contribution in [0, 0.1) is 11.3 Å². The lowest BCUT2D eigenvalue weighted by Crippen LogP contribution is -2.41. The summed E-state index contributed by atoms with van der Waals surface area (Å²) in [5.74, 6) is 0.414. The zero-order chi connectivity index (χ0) is 31.3. The molecule has 3 N–H and O–H groups in total. The van der Waals surface area contributed by atoms with Gasteiger partial charge in [-0.25, -0.2) is 24.8 Å². The van der Waals surface area contributed by atoms with Crippen LogP contribution < -0.4 is 25.2 Å². The molecule has 0 radical (unpaired) electrons. The lowest BCUT2D eigenvalue weighted by Gasteiger charge is -2.34. The molecule has 3 aliphatic rings. The Morgan fingerprint density at radius 3 is 2.66 bits per heavy atom. The molecular formula is C28H33F3N8O4S. The third-order valence-corrected chi connectivity index (χ3v) is 9.76. The molecule has 3 aromatic heterocycles. The molecule has 4 bridgehead atoms. The Morgan fingerprint density at radius 2 is 1.91 bits per heavy atom.